The van der Waals surface area contributed by atoms with Crippen molar-refractivity contribution in [2.45, 2.75) is 0 Å². The Labute approximate surface area is 156 Å². The van der Waals surface area contributed by atoms with Crippen LogP contribution in [0.4, 0.5) is 5.69 Å². The molecule has 0 saturated carbocycles. The summed E-state index contributed by atoms with van der Waals surface area (Å²) in [6, 6.07) is 10.1. The molecule has 1 amide bonds. The van der Waals surface area contributed by atoms with Gasteiger partial charge in [-0.2, -0.15) is 5.10 Å². The first-order valence-electron chi connectivity index (χ1n) is 8.06. The van der Waals surface area contributed by atoms with E-state index < -0.39 is 10.8 Å². The molecule has 1 aliphatic heterocycles. The fraction of sp³-hybridized carbons (Fsp3) is 0.0556. The van der Waals surface area contributed by atoms with Crippen molar-refractivity contribution in [2.24, 2.45) is 5.10 Å². The van der Waals surface area contributed by atoms with Crippen molar-refractivity contribution in [1.82, 2.24) is 10.4 Å². The normalized spacial score (nSPS) is 12.4. The number of hydrogen-bond acceptors (Lipinski definition) is 7. The van der Waals surface area contributed by atoms with Gasteiger partial charge in [-0.15, -0.1) is 0 Å². The SMILES string of the molecule is O=C(NN=Cc1cc2cc3c(cc2[nH]c1=O)OCO3)c1ccc([N+](=O)[O-])cc1. The number of pyridine rings is 1. The third-order valence-electron chi connectivity index (χ3n) is 4.08. The van der Waals surface area contributed by atoms with E-state index in [9.17, 15) is 19.7 Å². The molecule has 3 aromatic rings. The summed E-state index contributed by atoms with van der Waals surface area (Å²) in [6.07, 6.45) is 1.21. The lowest BCUT2D eigenvalue weighted by molar-refractivity contribution is -0.384. The van der Waals surface area contributed by atoms with Crippen LogP contribution in [0.15, 0.2) is 52.4 Å². The van der Waals surface area contributed by atoms with Crippen LogP contribution in [0.1, 0.15) is 15.9 Å². The van der Waals surface area contributed by atoms with Gasteiger partial charge in [-0.05, 0) is 24.3 Å². The monoisotopic (exact) mass is 380 g/mol. The third-order valence-corrected chi connectivity index (χ3v) is 4.08. The number of nitro groups is 1. The minimum Gasteiger partial charge on any atom is -0.454 e. The van der Waals surface area contributed by atoms with Crippen LogP contribution in [0.25, 0.3) is 10.9 Å². The molecule has 28 heavy (non-hydrogen) atoms. The van der Waals surface area contributed by atoms with E-state index in [1.165, 1.54) is 30.5 Å². The maximum absolute atomic E-state index is 12.2. The first-order valence-corrected chi connectivity index (χ1v) is 8.06. The molecular weight excluding hydrogens is 368 g/mol. The van der Waals surface area contributed by atoms with E-state index in [0.29, 0.717) is 22.4 Å². The first-order chi connectivity index (χ1) is 13.5. The number of amides is 1. The highest BCUT2D eigenvalue weighted by Crippen LogP contribution is 2.35. The van der Waals surface area contributed by atoms with Gasteiger partial charge in [0.2, 0.25) is 6.79 Å². The van der Waals surface area contributed by atoms with Gasteiger partial charge < -0.3 is 14.5 Å². The molecule has 2 aromatic carbocycles. The van der Waals surface area contributed by atoms with Gasteiger partial charge in [0.1, 0.15) is 0 Å². The number of non-ortho nitro benzene ring substituents is 1. The molecule has 0 unspecified atom stereocenters. The highest BCUT2D eigenvalue weighted by Gasteiger charge is 2.15. The van der Waals surface area contributed by atoms with E-state index in [1.807, 2.05) is 0 Å². The number of ether oxygens (including phenoxy) is 2. The molecule has 2 heterocycles. The summed E-state index contributed by atoms with van der Waals surface area (Å²) < 4.78 is 10.6. The number of nitrogens with one attached hydrogen (secondary N) is 2. The molecule has 140 valence electrons. The molecule has 4 rings (SSSR count). The first kappa shape index (κ1) is 17.2. The number of carbonyl (C=O) groups excluding carboxylic acids is 1. The van der Waals surface area contributed by atoms with Crippen LogP contribution in [0, 0.1) is 10.1 Å². The molecule has 0 fully saturated rings. The Balaban J connectivity index is 1.52. The Bertz CT molecular complexity index is 1180. The average Bonchev–Trinajstić information content (AvgIpc) is 3.14. The van der Waals surface area contributed by atoms with Gasteiger partial charge >= 0.3 is 0 Å². The molecule has 0 aliphatic carbocycles. The predicted octanol–water partition coefficient (Wildman–Crippen LogP) is 1.93. The molecular formula is C18H12N4O6. The summed E-state index contributed by atoms with van der Waals surface area (Å²) in [5.41, 5.74) is 2.78. The number of nitro benzene ring substituents is 1. The largest absolute Gasteiger partial charge is 0.454 e. The van der Waals surface area contributed by atoms with Gasteiger partial charge in [0, 0.05) is 29.1 Å². The fourth-order valence-electron chi connectivity index (χ4n) is 2.67. The molecule has 0 spiro atoms. The van der Waals surface area contributed by atoms with Crippen LogP contribution in [0.5, 0.6) is 11.5 Å². The zero-order valence-corrected chi connectivity index (χ0v) is 14.2. The highest BCUT2D eigenvalue weighted by atomic mass is 16.7. The number of rotatable bonds is 4. The predicted molar refractivity (Wildman–Crippen MR) is 98.8 cm³/mol. The molecule has 10 heteroatoms. The van der Waals surface area contributed by atoms with Gasteiger partial charge in [0.05, 0.1) is 22.2 Å². The quantitative estimate of drug-likeness (QED) is 0.403. The van der Waals surface area contributed by atoms with Gasteiger partial charge in [0.25, 0.3) is 17.2 Å². The van der Waals surface area contributed by atoms with Crippen molar-refractivity contribution in [1.29, 1.82) is 0 Å². The second kappa shape index (κ2) is 6.83. The molecule has 1 aromatic heterocycles. The van der Waals surface area contributed by atoms with E-state index in [1.54, 1.807) is 18.2 Å². The number of hydrazone groups is 1. The van der Waals surface area contributed by atoms with Gasteiger partial charge in [-0.25, -0.2) is 5.43 Å². The minimum atomic E-state index is -0.563. The van der Waals surface area contributed by atoms with E-state index >= 15 is 0 Å². The number of nitrogens with zero attached hydrogens (tertiary/aromatic N) is 2. The van der Waals surface area contributed by atoms with Crippen molar-refractivity contribution in [2.75, 3.05) is 6.79 Å². The number of H-pyrrole nitrogens is 1. The maximum Gasteiger partial charge on any atom is 0.271 e. The number of carbonyl (C=O) groups is 1. The van der Waals surface area contributed by atoms with E-state index in [2.05, 4.69) is 15.5 Å². The van der Waals surface area contributed by atoms with Crippen LogP contribution in [-0.2, 0) is 0 Å². The average molecular weight is 380 g/mol. The maximum atomic E-state index is 12.2. The third kappa shape index (κ3) is 3.26. The number of fused-ring (bicyclic) bond motifs is 2. The number of aromatic nitrogens is 1. The Morgan fingerprint density at radius 1 is 1.18 bits per heavy atom. The van der Waals surface area contributed by atoms with Crippen molar-refractivity contribution in [3.05, 3.63) is 74.1 Å². The fourth-order valence-corrected chi connectivity index (χ4v) is 2.67. The van der Waals surface area contributed by atoms with Crippen LogP contribution in [0.2, 0.25) is 0 Å². The zero-order valence-electron chi connectivity index (χ0n) is 14.2. The smallest absolute Gasteiger partial charge is 0.271 e. The molecule has 0 atom stereocenters. The molecule has 0 saturated heterocycles. The van der Waals surface area contributed by atoms with Crippen LogP contribution in [-0.4, -0.2) is 28.8 Å². The van der Waals surface area contributed by atoms with E-state index in [-0.39, 0.29) is 29.2 Å². The zero-order chi connectivity index (χ0) is 19.7. The summed E-state index contributed by atoms with van der Waals surface area (Å²) >= 11 is 0. The van der Waals surface area contributed by atoms with Crippen molar-refractivity contribution in [3.8, 4) is 11.5 Å². The lowest BCUT2D eigenvalue weighted by Gasteiger charge is -2.02. The summed E-state index contributed by atoms with van der Waals surface area (Å²) in [7, 11) is 0. The number of aromatic amines is 1. The Hall–Kier alpha value is -4.21. The summed E-state index contributed by atoms with van der Waals surface area (Å²) in [4.78, 5) is 37.0. The second-order valence-electron chi connectivity index (χ2n) is 5.85. The Morgan fingerprint density at radius 2 is 1.89 bits per heavy atom. The molecule has 0 radical (unpaired) electrons. The lowest BCUT2D eigenvalue weighted by atomic mass is 10.1. The Kier molecular flexibility index (Phi) is 4.20. The standard InChI is InChI=1S/C18H12N4O6/c23-17-12(5-11-6-15-16(28-9-27-15)7-14(11)20-17)8-19-21-18(24)10-1-3-13(4-2-10)22(25)26/h1-8H,9H2,(H,20,23)(H,21,24). The summed E-state index contributed by atoms with van der Waals surface area (Å²) in [5, 5.41) is 15.1. The van der Waals surface area contributed by atoms with Crippen molar-refractivity contribution >= 4 is 28.7 Å². The number of hydrogen-bond donors (Lipinski definition) is 2. The minimum absolute atomic E-state index is 0.122. The number of benzene rings is 2. The molecule has 0 bridgehead atoms. The van der Waals surface area contributed by atoms with Gasteiger partial charge in [-0.1, -0.05) is 0 Å². The van der Waals surface area contributed by atoms with E-state index in [4.69, 9.17) is 9.47 Å². The van der Waals surface area contributed by atoms with Gasteiger partial charge in [-0.3, -0.25) is 19.7 Å². The molecule has 1 aliphatic rings. The summed E-state index contributed by atoms with van der Waals surface area (Å²) in [6.45, 7) is 0.124. The molecule has 10 nitrogen and oxygen atoms in total. The molecule has 2 N–H and O–H groups in total. The highest BCUT2D eigenvalue weighted by molar-refractivity contribution is 5.95. The van der Waals surface area contributed by atoms with Crippen LogP contribution >= 0.6 is 0 Å². The second-order valence-corrected chi connectivity index (χ2v) is 5.85. The lowest BCUT2D eigenvalue weighted by Crippen LogP contribution is -2.19. The van der Waals surface area contributed by atoms with E-state index in [0.717, 1.165) is 0 Å². The Morgan fingerprint density at radius 3 is 2.61 bits per heavy atom. The van der Waals surface area contributed by atoms with Crippen molar-refractivity contribution < 1.29 is 19.2 Å². The van der Waals surface area contributed by atoms with Gasteiger partial charge in [0.15, 0.2) is 11.5 Å². The van der Waals surface area contributed by atoms with Crippen LogP contribution in [0.3, 0.4) is 0 Å². The summed E-state index contributed by atoms with van der Waals surface area (Å²) in [5.74, 6) is 0.570. The topological polar surface area (TPSA) is 136 Å². The van der Waals surface area contributed by atoms with Crippen LogP contribution < -0.4 is 20.5 Å². The van der Waals surface area contributed by atoms with Crippen molar-refractivity contribution in [3.63, 3.8) is 0 Å².